The van der Waals surface area contributed by atoms with Crippen molar-refractivity contribution in [1.82, 2.24) is 20.0 Å². The summed E-state index contributed by atoms with van der Waals surface area (Å²) in [5.41, 5.74) is 3.28. The topological polar surface area (TPSA) is 67.5 Å². The Morgan fingerprint density at radius 3 is 2.74 bits per heavy atom. The minimum absolute atomic E-state index is 0.313. The Kier molecular flexibility index (Phi) is 4.37. The molecular formula is C20H23N5O2. The van der Waals surface area contributed by atoms with E-state index in [2.05, 4.69) is 43.1 Å². The van der Waals surface area contributed by atoms with E-state index in [4.69, 9.17) is 9.26 Å². The molecule has 1 aliphatic carbocycles. The summed E-state index contributed by atoms with van der Waals surface area (Å²) >= 11 is 0. The van der Waals surface area contributed by atoms with Gasteiger partial charge >= 0.3 is 0 Å². The maximum absolute atomic E-state index is 6.09. The Morgan fingerprint density at radius 1 is 1.11 bits per heavy atom. The molecule has 2 aliphatic rings. The third kappa shape index (κ3) is 3.47. The van der Waals surface area contributed by atoms with Crippen molar-refractivity contribution in [1.29, 1.82) is 0 Å². The first-order valence-electron chi connectivity index (χ1n) is 9.62. The van der Waals surface area contributed by atoms with E-state index in [1.54, 1.807) is 18.8 Å². The molecule has 0 N–H and O–H groups in total. The molecule has 1 aliphatic heterocycles. The lowest BCUT2D eigenvalue weighted by Gasteiger charge is -2.36. The third-order valence-electron chi connectivity index (χ3n) is 5.54. The highest BCUT2D eigenvalue weighted by molar-refractivity contribution is 5.86. The van der Waals surface area contributed by atoms with Crippen LogP contribution in [-0.2, 0) is 6.54 Å². The minimum Gasteiger partial charge on any atom is -0.474 e. The van der Waals surface area contributed by atoms with Crippen molar-refractivity contribution in [2.45, 2.75) is 31.9 Å². The number of hydrogen-bond acceptors (Lipinski definition) is 7. The number of anilines is 1. The highest BCUT2D eigenvalue weighted by Gasteiger charge is 2.22. The van der Waals surface area contributed by atoms with Crippen molar-refractivity contribution in [3.63, 3.8) is 0 Å². The molecule has 3 heterocycles. The van der Waals surface area contributed by atoms with E-state index in [9.17, 15) is 0 Å². The smallest absolute Gasteiger partial charge is 0.224 e. The van der Waals surface area contributed by atoms with Gasteiger partial charge in [0.05, 0.1) is 17.1 Å². The normalized spacial score (nSPS) is 18.6. The Morgan fingerprint density at radius 2 is 2.00 bits per heavy atom. The lowest BCUT2D eigenvalue weighted by atomic mass is 9.96. The van der Waals surface area contributed by atoms with Gasteiger partial charge in [-0.05, 0) is 37.5 Å². The fourth-order valence-electron chi connectivity index (χ4n) is 3.69. The number of ether oxygens (including phenoxy) is 1. The standard InChI is InChI=1S/C20H23N5O2/c1-2-17(3-1)27-20-18-10-16(4-5-19(18)21-14-22-20)25-8-6-24(7-9-25)12-15-11-23-26-13-15/h4-5,10-11,13-14,17H,1-3,6-9,12H2. The second-order valence-corrected chi connectivity index (χ2v) is 7.35. The second-order valence-electron chi connectivity index (χ2n) is 7.35. The highest BCUT2D eigenvalue weighted by atomic mass is 16.5. The molecule has 0 spiro atoms. The zero-order valence-electron chi connectivity index (χ0n) is 15.3. The predicted octanol–water partition coefficient (Wildman–Crippen LogP) is 2.87. The summed E-state index contributed by atoms with van der Waals surface area (Å²) in [5, 5.41) is 4.79. The lowest BCUT2D eigenvalue weighted by Crippen LogP contribution is -2.45. The van der Waals surface area contributed by atoms with Gasteiger partial charge in [0, 0.05) is 44.0 Å². The van der Waals surface area contributed by atoms with Crippen molar-refractivity contribution in [2.75, 3.05) is 31.1 Å². The molecule has 2 aromatic heterocycles. The zero-order valence-corrected chi connectivity index (χ0v) is 15.3. The van der Waals surface area contributed by atoms with Crippen LogP contribution in [0, 0.1) is 0 Å². The molecule has 0 bridgehead atoms. The number of benzene rings is 1. The number of rotatable bonds is 5. The highest BCUT2D eigenvalue weighted by Crippen LogP contribution is 2.31. The maximum Gasteiger partial charge on any atom is 0.224 e. The first-order valence-corrected chi connectivity index (χ1v) is 9.62. The molecule has 1 saturated carbocycles. The van der Waals surface area contributed by atoms with E-state index in [1.165, 1.54) is 12.1 Å². The molecule has 3 aromatic rings. The van der Waals surface area contributed by atoms with Crippen LogP contribution in [0.3, 0.4) is 0 Å². The number of nitrogens with zero attached hydrogens (tertiary/aromatic N) is 5. The van der Waals surface area contributed by atoms with E-state index >= 15 is 0 Å². The fraction of sp³-hybridized carbons (Fsp3) is 0.450. The monoisotopic (exact) mass is 365 g/mol. The van der Waals surface area contributed by atoms with Crippen molar-refractivity contribution in [3.8, 4) is 5.88 Å². The van der Waals surface area contributed by atoms with Crippen molar-refractivity contribution in [2.24, 2.45) is 0 Å². The molecule has 1 aromatic carbocycles. The minimum atomic E-state index is 0.313. The van der Waals surface area contributed by atoms with Gasteiger partial charge in [0.25, 0.3) is 0 Å². The molecular weight excluding hydrogens is 342 g/mol. The summed E-state index contributed by atoms with van der Waals surface area (Å²) in [7, 11) is 0. The first kappa shape index (κ1) is 16.5. The van der Waals surface area contributed by atoms with E-state index in [-0.39, 0.29) is 0 Å². The average molecular weight is 365 g/mol. The SMILES string of the molecule is c1nc(OC2CCC2)c2cc(N3CCN(Cc4cnoc4)CC3)ccc2n1. The van der Waals surface area contributed by atoms with E-state index in [0.29, 0.717) is 6.10 Å². The van der Waals surface area contributed by atoms with Crippen molar-refractivity contribution in [3.05, 3.63) is 42.5 Å². The molecule has 7 heteroatoms. The van der Waals surface area contributed by atoms with Gasteiger partial charge in [-0.15, -0.1) is 0 Å². The van der Waals surface area contributed by atoms with Gasteiger partial charge in [0.1, 0.15) is 18.7 Å². The Balaban J connectivity index is 1.30. The van der Waals surface area contributed by atoms with E-state index < -0.39 is 0 Å². The summed E-state index contributed by atoms with van der Waals surface area (Å²) in [6.45, 7) is 4.90. The van der Waals surface area contributed by atoms with Crippen LogP contribution >= 0.6 is 0 Å². The van der Waals surface area contributed by atoms with Crippen LogP contribution in [0.1, 0.15) is 24.8 Å². The molecule has 0 unspecified atom stereocenters. The lowest BCUT2D eigenvalue weighted by molar-refractivity contribution is 0.116. The van der Waals surface area contributed by atoms with Crippen LogP contribution in [0.2, 0.25) is 0 Å². The molecule has 140 valence electrons. The molecule has 5 rings (SSSR count). The second kappa shape index (κ2) is 7.15. The molecule has 1 saturated heterocycles. The van der Waals surface area contributed by atoms with Crippen LogP contribution in [0.25, 0.3) is 10.9 Å². The molecule has 0 radical (unpaired) electrons. The predicted molar refractivity (Wildman–Crippen MR) is 102 cm³/mol. The van der Waals surface area contributed by atoms with Gasteiger partial charge in [-0.2, -0.15) is 0 Å². The number of aromatic nitrogens is 3. The third-order valence-corrected chi connectivity index (χ3v) is 5.54. The summed E-state index contributed by atoms with van der Waals surface area (Å²) in [4.78, 5) is 13.6. The largest absolute Gasteiger partial charge is 0.474 e. The Hall–Kier alpha value is -2.67. The number of piperazine rings is 1. The molecule has 0 amide bonds. The first-order chi connectivity index (χ1) is 13.3. The fourth-order valence-corrected chi connectivity index (χ4v) is 3.69. The molecule has 2 fully saturated rings. The zero-order chi connectivity index (χ0) is 18.1. The maximum atomic E-state index is 6.09. The quantitative estimate of drug-likeness (QED) is 0.689. The van der Waals surface area contributed by atoms with E-state index in [1.807, 2.05) is 0 Å². The number of fused-ring (bicyclic) bond motifs is 1. The van der Waals surface area contributed by atoms with E-state index in [0.717, 1.165) is 67.9 Å². The van der Waals surface area contributed by atoms with Crippen LogP contribution in [0.5, 0.6) is 5.88 Å². The molecule has 0 atom stereocenters. The van der Waals surface area contributed by atoms with Crippen LogP contribution in [0.4, 0.5) is 5.69 Å². The van der Waals surface area contributed by atoms with Crippen molar-refractivity contribution < 1.29 is 9.26 Å². The summed E-state index contributed by atoms with van der Waals surface area (Å²) in [6.07, 6.45) is 8.92. The molecule has 7 nitrogen and oxygen atoms in total. The summed E-state index contributed by atoms with van der Waals surface area (Å²) in [6, 6.07) is 6.40. The average Bonchev–Trinajstić information content (AvgIpc) is 3.18. The Bertz CT molecular complexity index is 902. The van der Waals surface area contributed by atoms with Gasteiger partial charge in [-0.1, -0.05) is 5.16 Å². The van der Waals surface area contributed by atoms with Crippen LogP contribution in [0.15, 0.2) is 41.5 Å². The number of hydrogen-bond donors (Lipinski definition) is 0. The Labute approximate surface area is 157 Å². The van der Waals surface area contributed by atoms with Crippen molar-refractivity contribution >= 4 is 16.6 Å². The molecule has 27 heavy (non-hydrogen) atoms. The van der Waals surface area contributed by atoms with Gasteiger partial charge < -0.3 is 14.2 Å². The van der Waals surface area contributed by atoms with Gasteiger partial charge in [-0.3, -0.25) is 4.90 Å². The summed E-state index contributed by atoms with van der Waals surface area (Å²) < 4.78 is 11.0. The van der Waals surface area contributed by atoms with Gasteiger partial charge in [0.15, 0.2) is 0 Å². The van der Waals surface area contributed by atoms with Gasteiger partial charge in [0.2, 0.25) is 5.88 Å². The van der Waals surface area contributed by atoms with Crippen LogP contribution < -0.4 is 9.64 Å². The van der Waals surface area contributed by atoms with Crippen LogP contribution in [-0.4, -0.2) is 52.3 Å². The summed E-state index contributed by atoms with van der Waals surface area (Å²) in [5.74, 6) is 0.720. The van der Waals surface area contributed by atoms with Gasteiger partial charge in [-0.25, -0.2) is 9.97 Å².